The van der Waals surface area contributed by atoms with Gasteiger partial charge in [-0.3, -0.25) is 4.90 Å². The van der Waals surface area contributed by atoms with Crippen molar-refractivity contribution < 1.29 is 4.39 Å². The van der Waals surface area contributed by atoms with Gasteiger partial charge in [0.25, 0.3) is 0 Å². The highest BCUT2D eigenvalue weighted by Crippen LogP contribution is 2.40. The molecule has 0 unspecified atom stereocenters. The Labute approximate surface area is 92.4 Å². The van der Waals surface area contributed by atoms with Crippen molar-refractivity contribution in [1.29, 1.82) is 0 Å². The molecule has 2 heterocycles. The van der Waals surface area contributed by atoms with Crippen molar-refractivity contribution in [3.63, 3.8) is 0 Å². The lowest BCUT2D eigenvalue weighted by Gasteiger charge is -2.53. The van der Waals surface area contributed by atoms with Crippen molar-refractivity contribution in [1.82, 2.24) is 9.80 Å². The molecule has 2 aliphatic heterocycles. The van der Waals surface area contributed by atoms with E-state index in [1.807, 2.05) is 4.90 Å². The van der Waals surface area contributed by atoms with Crippen molar-refractivity contribution >= 4 is 0 Å². The van der Waals surface area contributed by atoms with E-state index >= 15 is 0 Å². The van der Waals surface area contributed by atoms with Gasteiger partial charge >= 0.3 is 0 Å². The number of alkyl halides is 1. The average molecular weight is 214 g/mol. The summed E-state index contributed by atoms with van der Waals surface area (Å²) in [5, 5.41) is 0. The van der Waals surface area contributed by atoms with Crippen molar-refractivity contribution in [3.8, 4) is 0 Å². The zero-order chi connectivity index (χ0) is 10.9. The Balaban J connectivity index is 1.73. The van der Waals surface area contributed by atoms with Gasteiger partial charge in [-0.1, -0.05) is 13.8 Å². The highest BCUT2D eigenvalue weighted by atomic mass is 19.1. The first-order valence-electron chi connectivity index (χ1n) is 6.14. The number of halogens is 1. The van der Waals surface area contributed by atoms with Crippen LogP contribution in [0.2, 0.25) is 0 Å². The van der Waals surface area contributed by atoms with E-state index in [0.29, 0.717) is 5.41 Å². The first-order chi connectivity index (χ1) is 7.13. The van der Waals surface area contributed by atoms with E-state index in [-0.39, 0.29) is 6.80 Å². The topological polar surface area (TPSA) is 6.48 Å². The number of hydrogen-bond acceptors (Lipinski definition) is 2. The van der Waals surface area contributed by atoms with Gasteiger partial charge in [0.2, 0.25) is 0 Å². The molecule has 88 valence electrons. The lowest BCUT2D eigenvalue weighted by Crippen LogP contribution is -2.60. The molecule has 0 bridgehead atoms. The molecular formula is C12H23FN2. The van der Waals surface area contributed by atoms with Gasteiger partial charge in [-0.2, -0.15) is 0 Å². The average Bonchev–Trinajstić information content (AvgIpc) is 2.15. The summed E-state index contributed by atoms with van der Waals surface area (Å²) in [6, 6.07) is 0. The molecule has 0 saturated carbocycles. The van der Waals surface area contributed by atoms with Gasteiger partial charge in [-0.05, 0) is 37.3 Å². The molecule has 0 atom stereocenters. The highest BCUT2D eigenvalue weighted by molar-refractivity contribution is 4.97. The van der Waals surface area contributed by atoms with Crippen LogP contribution in [0.1, 0.15) is 26.7 Å². The van der Waals surface area contributed by atoms with E-state index in [2.05, 4.69) is 18.7 Å². The van der Waals surface area contributed by atoms with Gasteiger partial charge in [0.1, 0.15) is 6.80 Å². The quantitative estimate of drug-likeness (QED) is 0.663. The first kappa shape index (κ1) is 11.3. The molecule has 0 amide bonds. The summed E-state index contributed by atoms with van der Waals surface area (Å²) < 4.78 is 12.3. The summed E-state index contributed by atoms with van der Waals surface area (Å²) in [5.41, 5.74) is 0.486. The maximum Gasteiger partial charge on any atom is 0.143 e. The smallest absolute Gasteiger partial charge is 0.143 e. The van der Waals surface area contributed by atoms with Crippen LogP contribution in [0.4, 0.5) is 4.39 Å². The summed E-state index contributed by atoms with van der Waals surface area (Å²) in [5.74, 6) is 0.766. The van der Waals surface area contributed by atoms with Crippen LogP contribution in [-0.2, 0) is 0 Å². The van der Waals surface area contributed by atoms with Crippen molar-refractivity contribution in [2.45, 2.75) is 26.7 Å². The normalized spacial score (nSPS) is 27.2. The lowest BCUT2D eigenvalue weighted by molar-refractivity contribution is -0.0663. The molecule has 0 N–H and O–H groups in total. The Morgan fingerprint density at radius 2 is 1.73 bits per heavy atom. The Kier molecular flexibility index (Phi) is 3.31. The lowest BCUT2D eigenvalue weighted by atomic mass is 9.72. The largest absolute Gasteiger partial charge is 0.303 e. The van der Waals surface area contributed by atoms with E-state index in [1.54, 1.807) is 0 Å². The summed E-state index contributed by atoms with van der Waals surface area (Å²) in [6.07, 6.45) is 2.55. The Morgan fingerprint density at radius 1 is 1.13 bits per heavy atom. The van der Waals surface area contributed by atoms with Crippen LogP contribution in [0.15, 0.2) is 0 Å². The van der Waals surface area contributed by atoms with Crippen LogP contribution in [0, 0.1) is 11.3 Å². The van der Waals surface area contributed by atoms with Gasteiger partial charge in [-0.15, -0.1) is 0 Å². The van der Waals surface area contributed by atoms with Gasteiger partial charge < -0.3 is 4.90 Å². The van der Waals surface area contributed by atoms with Gasteiger partial charge in [0.05, 0.1) is 0 Å². The summed E-state index contributed by atoms with van der Waals surface area (Å²) in [7, 11) is 0. The van der Waals surface area contributed by atoms with Crippen LogP contribution < -0.4 is 0 Å². The Bertz CT molecular complexity index is 202. The summed E-state index contributed by atoms with van der Waals surface area (Å²) in [6.45, 7) is 9.96. The van der Waals surface area contributed by atoms with Gasteiger partial charge in [-0.25, -0.2) is 4.39 Å². The minimum Gasteiger partial charge on any atom is -0.303 e. The van der Waals surface area contributed by atoms with Crippen molar-refractivity contribution in [2.75, 3.05) is 39.5 Å². The standard InChI is InChI=1S/C12H23FN2/c1-11(2)7-14-5-3-12(4-6-14)8-15(9-12)10-13/h11H,3-10H2,1-2H3. The number of likely N-dealkylation sites (tertiary alicyclic amines) is 2. The molecule has 2 saturated heterocycles. The molecule has 2 aliphatic rings. The molecule has 2 nitrogen and oxygen atoms in total. The van der Waals surface area contributed by atoms with Crippen molar-refractivity contribution in [2.24, 2.45) is 11.3 Å². The third-order valence-electron chi connectivity index (χ3n) is 3.83. The highest BCUT2D eigenvalue weighted by Gasteiger charge is 2.44. The molecule has 0 radical (unpaired) electrons. The molecule has 2 rings (SSSR count). The fraction of sp³-hybridized carbons (Fsp3) is 1.00. The fourth-order valence-corrected chi connectivity index (χ4v) is 3.03. The molecule has 1 spiro atoms. The third kappa shape index (κ3) is 2.51. The summed E-state index contributed by atoms with van der Waals surface area (Å²) >= 11 is 0. The van der Waals surface area contributed by atoms with E-state index in [1.165, 1.54) is 32.5 Å². The molecule has 0 aromatic rings. The number of hydrogen-bond donors (Lipinski definition) is 0. The second-order valence-corrected chi connectivity index (χ2v) is 5.80. The second kappa shape index (κ2) is 4.38. The SMILES string of the molecule is CC(C)CN1CCC2(CC1)CN(CF)C2. The minimum atomic E-state index is -0.253. The Hall–Kier alpha value is -0.150. The number of nitrogens with zero attached hydrogens (tertiary/aromatic N) is 2. The Morgan fingerprint density at radius 3 is 2.20 bits per heavy atom. The predicted molar refractivity (Wildman–Crippen MR) is 60.5 cm³/mol. The van der Waals surface area contributed by atoms with Crippen LogP contribution >= 0.6 is 0 Å². The minimum absolute atomic E-state index is 0.253. The maximum atomic E-state index is 12.3. The summed E-state index contributed by atoms with van der Waals surface area (Å²) in [4.78, 5) is 4.48. The van der Waals surface area contributed by atoms with Crippen LogP contribution in [0.5, 0.6) is 0 Å². The van der Waals surface area contributed by atoms with Gasteiger partial charge in [0, 0.05) is 19.6 Å². The van der Waals surface area contributed by atoms with Gasteiger partial charge in [0.15, 0.2) is 0 Å². The second-order valence-electron chi connectivity index (χ2n) is 5.80. The molecular weight excluding hydrogens is 191 g/mol. The monoisotopic (exact) mass is 214 g/mol. The number of piperidine rings is 1. The van der Waals surface area contributed by atoms with Crippen LogP contribution in [0.3, 0.4) is 0 Å². The zero-order valence-corrected chi connectivity index (χ0v) is 10.0. The van der Waals surface area contributed by atoms with E-state index < -0.39 is 0 Å². The zero-order valence-electron chi connectivity index (χ0n) is 10.0. The number of rotatable bonds is 3. The maximum absolute atomic E-state index is 12.3. The van der Waals surface area contributed by atoms with E-state index in [0.717, 1.165) is 19.0 Å². The molecule has 0 aliphatic carbocycles. The molecule has 2 fully saturated rings. The van der Waals surface area contributed by atoms with E-state index in [4.69, 9.17) is 0 Å². The molecule has 0 aromatic heterocycles. The molecule has 3 heteroatoms. The van der Waals surface area contributed by atoms with Crippen molar-refractivity contribution in [3.05, 3.63) is 0 Å². The van der Waals surface area contributed by atoms with E-state index in [9.17, 15) is 4.39 Å². The third-order valence-corrected chi connectivity index (χ3v) is 3.83. The molecule has 0 aromatic carbocycles. The molecule has 15 heavy (non-hydrogen) atoms. The van der Waals surface area contributed by atoms with Crippen LogP contribution in [-0.4, -0.2) is 49.3 Å². The fourth-order valence-electron chi connectivity index (χ4n) is 3.03. The predicted octanol–water partition coefficient (Wildman–Crippen LogP) is 1.97. The van der Waals surface area contributed by atoms with Crippen LogP contribution in [0.25, 0.3) is 0 Å². The first-order valence-corrected chi connectivity index (χ1v) is 6.14.